The number of aliphatic imine (C=N–C) groups is 1. The van der Waals surface area contributed by atoms with Gasteiger partial charge in [0.1, 0.15) is 12.4 Å². The van der Waals surface area contributed by atoms with Crippen LogP contribution in [0.3, 0.4) is 0 Å². The standard InChI is InChI=1S/C16H31N7O3S/c1-5-22(27(4,24)25)10-6-9-18-16(17-2)19-13-7-8-15-20-14(12-26-3)21-23(15)11-13/h13H,5-12H2,1-4H3,(H2,17,18,19). The van der Waals surface area contributed by atoms with E-state index in [0.717, 1.165) is 25.2 Å². The molecule has 1 aliphatic heterocycles. The van der Waals surface area contributed by atoms with Crippen LogP contribution in [0.25, 0.3) is 0 Å². The first-order chi connectivity index (χ1) is 12.9. The van der Waals surface area contributed by atoms with Gasteiger partial charge in [-0.15, -0.1) is 0 Å². The lowest BCUT2D eigenvalue weighted by Crippen LogP contribution is -2.47. The molecule has 2 heterocycles. The van der Waals surface area contributed by atoms with E-state index in [1.54, 1.807) is 14.2 Å². The summed E-state index contributed by atoms with van der Waals surface area (Å²) in [6.45, 7) is 4.61. The molecule has 0 saturated carbocycles. The van der Waals surface area contributed by atoms with Crippen LogP contribution in [0.4, 0.5) is 0 Å². The Balaban J connectivity index is 1.78. The fraction of sp³-hybridized carbons (Fsp3) is 0.812. The van der Waals surface area contributed by atoms with E-state index >= 15 is 0 Å². The maximum absolute atomic E-state index is 11.6. The fourth-order valence-electron chi connectivity index (χ4n) is 3.08. The van der Waals surface area contributed by atoms with Crippen molar-refractivity contribution in [1.29, 1.82) is 0 Å². The summed E-state index contributed by atoms with van der Waals surface area (Å²) in [5.41, 5.74) is 0. The number of ether oxygens (including phenoxy) is 1. The van der Waals surface area contributed by atoms with Crippen molar-refractivity contribution < 1.29 is 13.2 Å². The van der Waals surface area contributed by atoms with Crippen molar-refractivity contribution >= 4 is 16.0 Å². The smallest absolute Gasteiger partial charge is 0.211 e. The molecule has 1 aliphatic rings. The molecule has 10 nitrogen and oxygen atoms in total. The van der Waals surface area contributed by atoms with Crippen molar-refractivity contribution in [3.63, 3.8) is 0 Å². The number of aryl methyl sites for hydroxylation is 1. The largest absolute Gasteiger partial charge is 0.377 e. The first kappa shape index (κ1) is 21.6. The van der Waals surface area contributed by atoms with E-state index in [9.17, 15) is 8.42 Å². The molecule has 27 heavy (non-hydrogen) atoms. The molecule has 0 bridgehead atoms. The molecular weight excluding hydrogens is 370 g/mol. The van der Waals surface area contributed by atoms with Crippen LogP contribution < -0.4 is 10.6 Å². The number of hydrogen-bond acceptors (Lipinski definition) is 6. The van der Waals surface area contributed by atoms with Crippen LogP contribution in [-0.2, 0) is 34.3 Å². The lowest BCUT2D eigenvalue weighted by atomic mass is 10.1. The van der Waals surface area contributed by atoms with E-state index in [-0.39, 0.29) is 6.04 Å². The molecule has 0 fully saturated rings. The quantitative estimate of drug-likeness (QED) is 0.328. The number of nitrogens with zero attached hydrogens (tertiary/aromatic N) is 5. The number of guanidine groups is 1. The minimum Gasteiger partial charge on any atom is -0.377 e. The Hall–Kier alpha value is -1.72. The number of sulfonamides is 1. The molecule has 0 aliphatic carbocycles. The molecule has 0 aromatic carbocycles. The molecule has 0 spiro atoms. The van der Waals surface area contributed by atoms with Crippen molar-refractivity contribution in [1.82, 2.24) is 29.7 Å². The predicted octanol–water partition coefficient (Wildman–Crippen LogP) is -0.424. The zero-order chi connectivity index (χ0) is 19.9. The molecule has 1 aromatic rings. The van der Waals surface area contributed by atoms with Crippen molar-refractivity contribution in [2.45, 2.75) is 45.4 Å². The normalized spacial score (nSPS) is 17.8. The second-order valence-corrected chi connectivity index (χ2v) is 8.53. The SMILES string of the molecule is CCN(CCCNC(=NC)NC1CCc2nc(COC)nn2C1)S(C)(=O)=O. The summed E-state index contributed by atoms with van der Waals surface area (Å²) < 4.78 is 31.7. The minimum absolute atomic E-state index is 0.212. The lowest BCUT2D eigenvalue weighted by molar-refractivity contribution is 0.177. The summed E-state index contributed by atoms with van der Waals surface area (Å²) >= 11 is 0. The lowest BCUT2D eigenvalue weighted by Gasteiger charge is -2.25. The Kier molecular flexibility index (Phi) is 7.99. The highest BCUT2D eigenvalue weighted by molar-refractivity contribution is 7.88. The number of nitrogens with one attached hydrogen (secondary N) is 2. The highest BCUT2D eigenvalue weighted by atomic mass is 32.2. The van der Waals surface area contributed by atoms with Gasteiger partial charge in [-0.25, -0.2) is 22.4 Å². The Morgan fingerprint density at radius 2 is 2.26 bits per heavy atom. The molecule has 1 atom stereocenters. The summed E-state index contributed by atoms with van der Waals surface area (Å²) in [4.78, 5) is 8.73. The molecule has 0 amide bonds. The number of rotatable bonds is 9. The predicted molar refractivity (Wildman–Crippen MR) is 104 cm³/mol. The van der Waals surface area contributed by atoms with Crippen molar-refractivity contribution in [3.05, 3.63) is 11.6 Å². The van der Waals surface area contributed by atoms with Crippen LogP contribution in [0.2, 0.25) is 0 Å². The molecule has 154 valence electrons. The van der Waals surface area contributed by atoms with Crippen molar-refractivity contribution in [3.8, 4) is 0 Å². The van der Waals surface area contributed by atoms with E-state index < -0.39 is 10.0 Å². The highest BCUT2D eigenvalue weighted by Gasteiger charge is 2.22. The average molecular weight is 402 g/mol. The van der Waals surface area contributed by atoms with Crippen LogP contribution in [0.1, 0.15) is 31.4 Å². The molecule has 2 rings (SSSR count). The van der Waals surface area contributed by atoms with Crippen LogP contribution in [0, 0.1) is 0 Å². The third kappa shape index (κ3) is 6.43. The van der Waals surface area contributed by atoms with Gasteiger partial charge in [-0.1, -0.05) is 6.92 Å². The number of methoxy groups -OCH3 is 1. The topological polar surface area (TPSA) is 114 Å². The first-order valence-corrected chi connectivity index (χ1v) is 11.1. The summed E-state index contributed by atoms with van der Waals surface area (Å²) in [5, 5.41) is 11.1. The molecule has 11 heteroatoms. The van der Waals surface area contributed by atoms with Gasteiger partial charge in [-0.3, -0.25) is 4.99 Å². The molecular formula is C16H31N7O3S. The second-order valence-electron chi connectivity index (χ2n) is 6.55. The van der Waals surface area contributed by atoms with E-state index in [2.05, 4.69) is 25.7 Å². The Labute approximate surface area is 161 Å². The van der Waals surface area contributed by atoms with Crippen molar-refractivity contribution in [2.24, 2.45) is 4.99 Å². The van der Waals surface area contributed by atoms with Gasteiger partial charge in [0.25, 0.3) is 0 Å². The number of aromatic nitrogens is 3. The maximum atomic E-state index is 11.6. The van der Waals surface area contributed by atoms with Crippen LogP contribution >= 0.6 is 0 Å². The summed E-state index contributed by atoms with van der Waals surface area (Å²) in [5.74, 6) is 2.41. The number of hydrogen-bond donors (Lipinski definition) is 2. The average Bonchev–Trinajstić information content (AvgIpc) is 3.01. The second kappa shape index (κ2) is 10.00. The Morgan fingerprint density at radius 1 is 1.48 bits per heavy atom. The van der Waals surface area contributed by atoms with E-state index in [0.29, 0.717) is 44.4 Å². The zero-order valence-electron chi connectivity index (χ0n) is 16.6. The van der Waals surface area contributed by atoms with Crippen molar-refractivity contribution in [2.75, 3.05) is 40.0 Å². The van der Waals surface area contributed by atoms with Gasteiger partial charge in [0.2, 0.25) is 10.0 Å². The third-order valence-corrected chi connectivity index (χ3v) is 5.82. The van der Waals surface area contributed by atoms with Crippen LogP contribution in [-0.4, -0.2) is 79.5 Å². The molecule has 2 N–H and O–H groups in total. The van der Waals surface area contributed by atoms with Gasteiger partial charge in [0.15, 0.2) is 11.8 Å². The van der Waals surface area contributed by atoms with Gasteiger partial charge in [0, 0.05) is 46.3 Å². The van der Waals surface area contributed by atoms with Gasteiger partial charge in [0.05, 0.1) is 12.8 Å². The Morgan fingerprint density at radius 3 is 2.89 bits per heavy atom. The van der Waals surface area contributed by atoms with Crippen LogP contribution in [0.15, 0.2) is 4.99 Å². The van der Waals surface area contributed by atoms with E-state index in [1.807, 2.05) is 11.6 Å². The van der Waals surface area contributed by atoms with Gasteiger partial charge >= 0.3 is 0 Å². The molecule has 0 radical (unpaired) electrons. The monoisotopic (exact) mass is 401 g/mol. The third-order valence-electron chi connectivity index (χ3n) is 4.44. The van der Waals surface area contributed by atoms with Crippen LogP contribution in [0.5, 0.6) is 0 Å². The summed E-state index contributed by atoms with van der Waals surface area (Å²) in [7, 11) is 0.222. The van der Waals surface area contributed by atoms with Gasteiger partial charge < -0.3 is 15.4 Å². The van der Waals surface area contributed by atoms with E-state index in [1.165, 1.54) is 10.6 Å². The van der Waals surface area contributed by atoms with Gasteiger partial charge in [-0.05, 0) is 12.8 Å². The Bertz CT molecular complexity index is 732. The summed E-state index contributed by atoms with van der Waals surface area (Å²) in [6.07, 6.45) is 3.75. The highest BCUT2D eigenvalue weighted by Crippen LogP contribution is 2.13. The van der Waals surface area contributed by atoms with Gasteiger partial charge in [-0.2, -0.15) is 5.10 Å². The maximum Gasteiger partial charge on any atom is 0.211 e. The summed E-state index contributed by atoms with van der Waals surface area (Å²) in [6, 6.07) is 0.212. The molecule has 0 saturated heterocycles. The number of fused-ring (bicyclic) bond motifs is 1. The minimum atomic E-state index is -3.14. The fourth-order valence-corrected chi connectivity index (χ4v) is 4.01. The van der Waals surface area contributed by atoms with E-state index in [4.69, 9.17) is 4.74 Å². The zero-order valence-corrected chi connectivity index (χ0v) is 17.4. The molecule has 1 aromatic heterocycles. The molecule has 1 unspecified atom stereocenters. The first-order valence-electron chi connectivity index (χ1n) is 9.21.